The molecule has 0 spiro atoms. The van der Waals surface area contributed by atoms with E-state index in [9.17, 15) is 4.79 Å². The number of hydrogen-bond donors (Lipinski definition) is 1. The molecule has 0 radical (unpaired) electrons. The van der Waals surface area contributed by atoms with Gasteiger partial charge >= 0.3 is 0 Å². The zero-order chi connectivity index (χ0) is 18.0. The highest BCUT2D eigenvalue weighted by Crippen LogP contribution is 2.29. The van der Waals surface area contributed by atoms with Crippen LogP contribution in [0.1, 0.15) is 48.9 Å². The zero-order valence-corrected chi connectivity index (χ0v) is 15.3. The molecular weight excluding hydrogens is 310 g/mol. The summed E-state index contributed by atoms with van der Waals surface area (Å²) in [6, 6.07) is 12.2. The number of furan rings is 1. The van der Waals surface area contributed by atoms with Crippen LogP contribution in [0.3, 0.4) is 0 Å². The Morgan fingerprint density at radius 2 is 1.92 bits per heavy atom. The molecule has 1 aromatic heterocycles. The van der Waals surface area contributed by atoms with Crippen molar-refractivity contribution in [2.75, 3.05) is 5.32 Å². The van der Waals surface area contributed by atoms with Gasteiger partial charge in [-0.1, -0.05) is 39.0 Å². The molecule has 1 amide bonds. The van der Waals surface area contributed by atoms with Gasteiger partial charge in [-0.2, -0.15) is 0 Å². The Morgan fingerprint density at radius 1 is 1.16 bits per heavy atom. The largest absolute Gasteiger partial charge is 0.464 e. The number of anilines is 1. The van der Waals surface area contributed by atoms with E-state index >= 15 is 0 Å². The molecule has 0 saturated heterocycles. The Bertz CT molecular complexity index is 906. The van der Waals surface area contributed by atoms with Crippen LogP contribution >= 0.6 is 0 Å². The van der Waals surface area contributed by atoms with Crippen LogP contribution < -0.4 is 5.32 Å². The number of fused-ring (bicyclic) bond motifs is 1. The molecule has 0 aliphatic carbocycles. The van der Waals surface area contributed by atoms with Crippen molar-refractivity contribution in [3.05, 3.63) is 64.9 Å². The van der Waals surface area contributed by atoms with E-state index in [1.807, 2.05) is 24.3 Å². The molecular formula is C22H25NO2. The van der Waals surface area contributed by atoms with Crippen LogP contribution in [-0.2, 0) is 17.6 Å². The third kappa shape index (κ3) is 3.60. The molecule has 1 heterocycles. The minimum atomic E-state index is -0.0183. The molecule has 0 unspecified atom stereocenters. The molecule has 2 aromatic carbocycles. The van der Waals surface area contributed by atoms with E-state index in [0.717, 1.165) is 34.2 Å². The van der Waals surface area contributed by atoms with E-state index in [-0.39, 0.29) is 5.91 Å². The van der Waals surface area contributed by atoms with Crippen LogP contribution in [0.5, 0.6) is 0 Å². The average Bonchev–Trinajstić information content (AvgIpc) is 2.96. The van der Waals surface area contributed by atoms with E-state index < -0.39 is 0 Å². The van der Waals surface area contributed by atoms with Gasteiger partial charge in [-0.15, -0.1) is 0 Å². The molecule has 3 aromatic rings. The normalized spacial score (nSPS) is 11.2. The molecule has 0 aliphatic rings. The van der Waals surface area contributed by atoms with Gasteiger partial charge in [0.1, 0.15) is 5.58 Å². The van der Waals surface area contributed by atoms with Crippen molar-refractivity contribution in [2.45, 2.75) is 46.5 Å². The van der Waals surface area contributed by atoms with Gasteiger partial charge in [0.05, 0.1) is 12.7 Å². The highest BCUT2D eigenvalue weighted by molar-refractivity contribution is 5.96. The molecule has 0 saturated carbocycles. The summed E-state index contributed by atoms with van der Waals surface area (Å²) in [6.45, 7) is 8.56. The number of carbonyl (C=O) groups excluding carboxylic acids is 1. The fourth-order valence-corrected chi connectivity index (χ4v) is 3.32. The Labute approximate surface area is 149 Å². The number of aryl methyl sites for hydroxylation is 2. The summed E-state index contributed by atoms with van der Waals surface area (Å²) in [5.41, 5.74) is 6.34. The summed E-state index contributed by atoms with van der Waals surface area (Å²) in [4.78, 5) is 12.5. The number of nitrogens with one attached hydrogen (secondary N) is 1. The molecule has 3 nitrogen and oxygen atoms in total. The van der Waals surface area contributed by atoms with Crippen molar-refractivity contribution in [2.24, 2.45) is 0 Å². The van der Waals surface area contributed by atoms with Gasteiger partial charge in [-0.3, -0.25) is 4.79 Å². The highest BCUT2D eigenvalue weighted by Gasteiger charge is 2.14. The maximum atomic E-state index is 12.5. The zero-order valence-electron chi connectivity index (χ0n) is 15.3. The van der Waals surface area contributed by atoms with E-state index in [1.54, 1.807) is 6.26 Å². The molecule has 3 heteroatoms. The van der Waals surface area contributed by atoms with E-state index in [4.69, 9.17) is 4.42 Å². The van der Waals surface area contributed by atoms with Gasteiger partial charge in [0.25, 0.3) is 0 Å². The summed E-state index contributed by atoms with van der Waals surface area (Å²) >= 11 is 0. The number of rotatable bonds is 5. The fraction of sp³-hybridized carbons (Fsp3) is 0.318. The summed E-state index contributed by atoms with van der Waals surface area (Å²) < 4.78 is 5.68. The second-order valence-electron chi connectivity index (χ2n) is 6.86. The molecule has 1 N–H and O–H groups in total. The quantitative estimate of drug-likeness (QED) is 0.658. The number of benzene rings is 2. The minimum absolute atomic E-state index is 0.0183. The smallest absolute Gasteiger partial charge is 0.228 e. The van der Waals surface area contributed by atoms with Gasteiger partial charge in [0.15, 0.2) is 0 Å². The third-order valence-electron chi connectivity index (χ3n) is 4.69. The lowest BCUT2D eigenvalue weighted by Crippen LogP contribution is -2.15. The van der Waals surface area contributed by atoms with Crippen molar-refractivity contribution >= 4 is 22.6 Å². The molecule has 0 bridgehead atoms. The average molecular weight is 335 g/mol. The first-order chi connectivity index (χ1) is 12.0. The van der Waals surface area contributed by atoms with Crippen LogP contribution in [0.25, 0.3) is 11.0 Å². The predicted octanol–water partition coefficient (Wildman–Crippen LogP) is 5.61. The van der Waals surface area contributed by atoms with Crippen LogP contribution in [0.2, 0.25) is 0 Å². The second-order valence-corrected chi connectivity index (χ2v) is 6.86. The SMILES string of the molecule is CCc1ccccc1NC(=O)Cc1coc2cc(C)c(C(C)C)cc12. The third-order valence-corrected chi connectivity index (χ3v) is 4.69. The standard InChI is InChI=1S/C22H25NO2/c1-5-16-8-6-7-9-20(16)23-22(24)11-17-13-25-21-10-15(4)18(14(2)3)12-19(17)21/h6-10,12-14H,5,11H2,1-4H3,(H,23,24). The van der Waals surface area contributed by atoms with Gasteiger partial charge < -0.3 is 9.73 Å². The van der Waals surface area contributed by atoms with Crippen molar-refractivity contribution in [3.63, 3.8) is 0 Å². The molecule has 25 heavy (non-hydrogen) atoms. The Hall–Kier alpha value is -2.55. The van der Waals surface area contributed by atoms with Crippen molar-refractivity contribution in [1.29, 1.82) is 0 Å². The number of amides is 1. The first kappa shape index (κ1) is 17.3. The monoisotopic (exact) mass is 335 g/mol. The molecule has 3 rings (SSSR count). The van der Waals surface area contributed by atoms with E-state index in [0.29, 0.717) is 12.3 Å². The fourth-order valence-electron chi connectivity index (χ4n) is 3.32. The highest BCUT2D eigenvalue weighted by atomic mass is 16.3. The Morgan fingerprint density at radius 3 is 2.64 bits per heavy atom. The molecule has 130 valence electrons. The van der Waals surface area contributed by atoms with Gasteiger partial charge in [-0.05, 0) is 54.2 Å². The summed E-state index contributed by atoms with van der Waals surface area (Å²) in [7, 11) is 0. The molecule has 0 aliphatic heterocycles. The first-order valence-corrected chi connectivity index (χ1v) is 8.88. The van der Waals surface area contributed by atoms with Gasteiger partial charge in [0, 0.05) is 16.6 Å². The minimum Gasteiger partial charge on any atom is -0.464 e. The first-order valence-electron chi connectivity index (χ1n) is 8.88. The van der Waals surface area contributed by atoms with Crippen LogP contribution in [0, 0.1) is 6.92 Å². The molecule has 0 fully saturated rings. The lowest BCUT2D eigenvalue weighted by atomic mass is 9.95. The maximum Gasteiger partial charge on any atom is 0.228 e. The van der Waals surface area contributed by atoms with Crippen LogP contribution in [-0.4, -0.2) is 5.91 Å². The van der Waals surface area contributed by atoms with Gasteiger partial charge in [0.2, 0.25) is 5.91 Å². The number of carbonyl (C=O) groups is 1. The Balaban J connectivity index is 1.85. The van der Waals surface area contributed by atoms with E-state index in [1.165, 1.54) is 11.1 Å². The van der Waals surface area contributed by atoms with Crippen molar-refractivity contribution < 1.29 is 9.21 Å². The maximum absolute atomic E-state index is 12.5. The molecule has 0 atom stereocenters. The summed E-state index contributed by atoms with van der Waals surface area (Å²) in [5, 5.41) is 4.07. The predicted molar refractivity (Wildman–Crippen MR) is 103 cm³/mol. The summed E-state index contributed by atoms with van der Waals surface area (Å²) in [6.07, 6.45) is 2.91. The number of hydrogen-bond acceptors (Lipinski definition) is 2. The second kappa shape index (κ2) is 7.14. The topological polar surface area (TPSA) is 42.2 Å². The lowest BCUT2D eigenvalue weighted by molar-refractivity contribution is -0.115. The van der Waals surface area contributed by atoms with Gasteiger partial charge in [-0.25, -0.2) is 0 Å². The number of para-hydroxylation sites is 1. The lowest BCUT2D eigenvalue weighted by Gasteiger charge is -2.11. The van der Waals surface area contributed by atoms with Crippen LogP contribution in [0.4, 0.5) is 5.69 Å². The van der Waals surface area contributed by atoms with Crippen molar-refractivity contribution in [1.82, 2.24) is 0 Å². The van der Waals surface area contributed by atoms with E-state index in [2.05, 4.69) is 45.1 Å². The van der Waals surface area contributed by atoms with Crippen LogP contribution in [0.15, 0.2) is 47.1 Å². The van der Waals surface area contributed by atoms with Crippen molar-refractivity contribution in [3.8, 4) is 0 Å². The summed E-state index contributed by atoms with van der Waals surface area (Å²) in [5.74, 6) is 0.424. The Kier molecular flexibility index (Phi) is 4.93.